The molecule has 0 radical (unpaired) electrons. The number of nitrogens with one attached hydrogen (secondary N) is 2. The summed E-state index contributed by atoms with van der Waals surface area (Å²) in [6, 6.07) is 3.16. The van der Waals surface area contributed by atoms with Crippen LogP contribution in [0, 0.1) is 6.92 Å². The molecule has 1 fully saturated rings. The molecule has 0 spiro atoms. The van der Waals surface area contributed by atoms with E-state index in [0.29, 0.717) is 24.0 Å². The van der Waals surface area contributed by atoms with Gasteiger partial charge in [-0.2, -0.15) is 0 Å². The van der Waals surface area contributed by atoms with Crippen molar-refractivity contribution >= 4 is 28.4 Å². The number of carbonyl (C=O) groups excluding carboxylic acids is 2. The minimum atomic E-state index is -0.254. The summed E-state index contributed by atoms with van der Waals surface area (Å²) < 4.78 is 5.13. The van der Waals surface area contributed by atoms with Gasteiger partial charge in [-0.15, -0.1) is 11.3 Å². The molecule has 7 nitrogen and oxygen atoms in total. The number of rotatable bonds is 3. The first-order valence-corrected chi connectivity index (χ1v) is 8.32. The largest absolute Gasteiger partial charge is 0.459 e. The Kier molecular flexibility index (Phi) is 4.61. The van der Waals surface area contributed by atoms with Crippen LogP contribution in [0.5, 0.6) is 0 Å². The van der Waals surface area contributed by atoms with Crippen molar-refractivity contribution in [3.63, 3.8) is 0 Å². The number of hydrogen-bond donors (Lipinski definition) is 2. The lowest BCUT2D eigenvalue weighted by atomic mass is 10.1. The number of carbonyl (C=O) groups is 2. The lowest BCUT2D eigenvalue weighted by Gasteiger charge is -2.31. The van der Waals surface area contributed by atoms with Gasteiger partial charge in [0.25, 0.3) is 5.91 Å². The maximum atomic E-state index is 12.2. The first-order chi connectivity index (χ1) is 11.1. The van der Waals surface area contributed by atoms with Crippen molar-refractivity contribution in [2.75, 3.05) is 18.4 Å². The summed E-state index contributed by atoms with van der Waals surface area (Å²) in [6.45, 7) is 3.08. The van der Waals surface area contributed by atoms with Crippen molar-refractivity contribution in [2.45, 2.75) is 25.8 Å². The third-order valence-electron chi connectivity index (χ3n) is 3.69. The van der Waals surface area contributed by atoms with Crippen LogP contribution in [0.25, 0.3) is 0 Å². The summed E-state index contributed by atoms with van der Waals surface area (Å²) in [5, 5.41) is 8.13. The number of furan rings is 1. The van der Waals surface area contributed by atoms with Crippen LogP contribution < -0.4 is 10.6 Å². The molecule has 1 aliphatic heterocycles. The first kappa shape index (κ1) is 15.5. The van der Waals surface area contributed by atoms with Gasteiger partial charge in [-0.3, -0.25) is 10.1 Å². The summed E-state index contributed by atoms with van der Waals surface area (Å²) in [6.07, 6.45) is 2.93. The third-order valence-corrected chi connectivity index (χ3v) is 4.56. The Morgan fingerprint density at radius 2 is 2.17 bits per heavy atom. The van der Waals surface area contributed by atoms with Gasteiger partial charge in [-0.05, 0) is 31.9 Å². The van der Waals surface area contributed by atoms with Crippen molar-refractivity contribution in [3.05, 3.63) is 35.2 Å². The highest BCUT2D eigenvalue weighted by atomic mass is 32.1. The molecule has 3 amide bonds. The number of amides is 3. The van der Waals surface area contributed by atoms with E-state index in [-0.39, 0.29) is 18.0 Å². The summed E-state index contributed by atoms with van der Waals surface area (Å²) in [7, 11) is 0. The van der Waals surface area contributed by atoms with E-state index in [1.54, 1.807) is 17.0 Å². The summed E-state index contributed by atoms with van der Waals surface area (Å²) in [5.74, 6) is 0.254. The van der Waals surface area contributed by atoms with Gasteiger partial charge in [0.05, 0.1) is 12.0 Å². The van der Waals surface area contributed by atoms with Gasteiger partial charge in [0.15, 0.2) is 10.9 Å². The smallest absolute Gasteiger partial charge is 0.321 e. The Labute approximate surface area is 137 Å². The first-order valence-electron chi connectivity index (χ1n) is 7.44. The molecule has 2 aromatic heterocycles. The lowest BCUT2D eigenvalue weighted by molar-refractivity contribution is 0.0676. The summed E-state index contributed by atoms with van der Waals surface area (Å²) >= 11 is 1.40. The molecular formula is C15H18N4O3S. The molecule has 0 aromatic carbocycles. The topological polar surface area (TPSA) is 87.5 Å². The van der Waals surface area contributed by atoms with Crippen LogP contribution >= 0.6 is 11.3 Å². The Bertz CT molecular complexity index is 675. The zero-order valence-electron chi connectivity index (χ0n) is 12.7. The average molecular weight is 334 g/mol. The number of aromatic nitrogens is 1. The molecule has 0 aliphatic carbocycles. The van der Waals surface area contributed by atoms with E-state index >= 15 is 0 Å². The molecule has 2 aromatic rings. The van der Waals surface area contributed by atoms with E-state index in [9.17, 15) is 9.59 Å². The van der Waals surface area contributed by atoms with Crippen LogP contribution in [-0.4, -0.2) is 41.0 Å². The normalized spacial score (nSPS) is 15.4. The zero-order chi connectivity index (χ0) is 16.2. The molecule has 2 N–H and O–H groups in total. The van der Waals surface area contributed by atoms with E-state index in [0.717, 1.165) is 18.5 Å². The summed E-state index contributed by atoms with van der Waals surface area (Å²) in [5.41, 5.74) is 0.884. The average Bonchev–Trinajstić information content (AvgIpc) is 3.19. The Balaban J connectivity index is 1.45. The van der Waals surface area contributed by atoms with Crippen LogP contribution in [-0.2, 0) is 0 Å². The van der Waals surface area contributed by atoms with Crippen molar-refractivity contribution in [1.82, 2.24) is 15.2 Å². The predicted molar refractivity (Wildman–Crippen MR) is 86.6 cm³/mol. The van der Waals surface area contributed by atoms with E-state index in [1.165, 1.54) is 17.6 Å². The van der Waals surface area contributed by atoms with Crippen molar-refractivity contribution in [3.8, 4) is 0 Å². The quantitative estimate of drug-likeness (QED) is 0.902. The fraction of sp³-hybridized carbons (Fsp3) is 0.400. The molecule has 3 heterocycles. The van der Waals surface area contributed by atoms with Gasteiger partial charge >= 0.3 is 6.03 Å². The second kappa shape index (κ2) is 6.82. The molecule has 122 valence electrons. The van der Waals surface area contributed by atoms with Crippen LogP contribution in [0.4, 0.5) is 9.93 Å². The molecule has 1 aliphatic rings. The van der Waals surface area contributed by atoms with Crippen molar-refractivity contribution in [2.24, 2.45) is 0 Å². The number of hydrogen-bond acceptors (Lipinski definition) is 5. The second-order valence-electron chi connectivity index (χ2n) is 5.44. The third kappa shape index (κ3) is 3.89. The monoisotopic (exact) mass is 334 g/mol. The molecule has 0 unspecified atom stereocenters. The number of nitrogens with zero attached hydrogens (tertiary/aromatic N) is 2. The number of thiazole rings is 1. The Hall–Kier alpha value is -2.35. The molecule has 0 saturated carbocycles. The van der Waals surface area contributed by atoms with Crippen molar-refractivity contribution < 1.29 is 14.0 Å². The molecule has 1 saturated heterocycles. The SMILES string of the molecule is Cc1csc(NC(=O)NC2CCN(C(=O)c3ccco3)CC2)n1. The van der Waals surface area contributed by atoms with Gasteiger partial charge in [0, 0.05) is 24.5 Å². The van der Waals surface area contributed by atoms with Gasteiger partial charge < -0.3 is 14.6 Å². The number of urea groups is 1. The summed E-state index contributed by atoms with van der Waals surface area (Å²) in [4.78, 5) is 30.0. The van der Waals surface area contributed by atoms with Gasteiger partial charge in [-0.1, -0.05) is 0 Å². The van der Waals surface area contributed by atoms with Crippen LogP contribution in [0.1, 0.15) is 29.1 Å². The maximum Gasteiger partial charge on any atom is 0.321 e. The van der Waals surface area contributed by atoms with Crippen LogP contribution in [0.2, 0.25) is 0 Å². The van der Waals surface area contributed by atoms with Crippen molar-refractivity contribution in [1.29, 1.82) is 0 Å². The highest BCUT2D eigenvalue weighted by Gasteiger charge is 2.25. The van der Waals surface area contributed by atoms with Crippen LogP contribution in [0.15, 0.2) is 28.2 Å². The lowest BCUT2D eigenvalue weighted by Crippen LogP contribution is -2.47. The number of anilines is 1. The maximum absolute atomic E-state index is 12.2. The van der Waals surface area contributed by atoms with Gasteiger partial charge in [-0.25, -0.2) is 9.78 Å². The van der Waals surface area contributed by atoms with E-state index in [2.05, 4.69) is 15.6 Å². The Morgan fingerprint density at radius 1 is 1.39 bits per heavy atom. The molecule has 23 heavy (non-hydrogen) atoms. The number of piperidine rings is 1. The second-order valence-corrected chi connectivity index (χ2v) is 6.29. The zero-order valence-corrected chi connectivity index (χ0v) is 13.6. The highest BCUT2D eigenvalue weighted by molar-refractivity contribution is 7.13. The van der Waals surface area contributed by atoms with E-state index in [4.69, 9.17) is 4.42 Å². The van der Waals surface area contributed by atoms with E-state index in [1.807, 2.05) is 12.3 Å². The highest BCUT2D eigenvalue weighted by Crippen LogP contribution is 2.16. The minimum Gasteiger partial charge on any atom is -0.459 e. The number of aryl methyl sites for hydroxylation is 1. The van der Waals surface area contributed by atoms with Gasteiger partial charge in [0.2, 0.25) is 0 Å². The Morgan fingerprint density at radius 3 is 2.78 bits per heavy atom. The molecule has 8 heteroatoms. The van der Waals surface area contributed by atoms with Gasteiger partial charge in [0.1, 0.15) is 0 Å². The predicted octanol–water partition coefficient (Wildman–Crippen LogP) is 2.47. The molecule has 0 bridgehead atoms. The van der Waals surface area contributed by atoms with E-state index < -0.39 is 0 Å². The fourth-order valence-electron chi connectivity index (χ4n) is 2.51. The molecular weight excluding hydrogens is 316 g/mol. The standard InChI is InChI=1S/C15H18N4O3S/c1-10-9-23-15(16-10)18-14(21)17-11-4-6-19(7-5-11)13(20)12-3-2-8-22-12/h2-3,8-9,11H,4-7H2,1H3,(H2,16,17,18,21). The minimum absolute atomic E-state index is 0.0525. The number of likely N-dealkylation sites (tertiary alicyclic amines) is 1. The fourth-order valence-corrected chi connectivity index (χ4v) is 3.20. The van der Waals surface area contributed by atoms with Crippen LogP contribution in [0.3, 0.4) is 0 Å². The molecule has 3 rings (SSSR count). The molecule has 0 atom stereocenters.